The maximum atomic E-state index is 2.40. The van der Waals surface area contributed by atoms with Gasteiger partial charge in [-0.25, -0.2) is 0 Å². The highest BCUT2D eigenvalue weighted by atomic mass is 127. The normalized spacial score (nSPS) is 11.9. The third-order valence-corrected chi connectivity index (χ3v) is 7.11. The molecule has 0 N–H and O–H groups in total. The molecular formula is C24H14INS. The lowest BCUT2D eigenvalue weighted by Gasteiger charge is -2.08. The predicted molar refractivity (Wildman–Crippen MR) is 126 cm³/mol. The average Bonchev–Trinajstić information content (AvgIpc) is 3.22. The van der Waals surface area contributed by atoms with E-state index in [1.54, 1.807) is 0 Å². The first-order valence-electron chi connectivity index (χ1n) is 8.90. The van der Waals surface area contributed by atoms with Gasteiger partial charge in [-0.2, -0.15) is 0 Å². The second-order valence-electron chi connectivity index (χ2n) is 6.79. The van der Waals surface area contributed by atoms with E-state index in [0.29, 0.717) is 0 Å². The molecule has 4 aromatic carbocycles. The molecule has 2 heterocycles. The molecule has 0 atom stereocenters. The number of thiophene rings is 1. The fourth-order valence-corrected chi connectivity index (χ4v) is 5.54. The van der Waals surface area contributed by atoms with Gasteiger partial charge < -0.3 is 4.57 Å². The van der Waals surface area contributed by atoms with Gasteiger partial charge in [0.15, 0.2) is 0 Å². The first-order chi connectivity index (χ1) is 13.3. The van der Waals surface area contributed by atoms with Crippen molar-refractivity contribution in [3.8, 4) is 5.69 Å². The molecule has 6 rings (SSSR count). The lowest BCUT2D eigenvalue weighted by Crippen LogP contribution is -1.93. The standard InChI is InChI=1S/C24H14INS/c25-15-9-11-16(12-10-15)26-21-7-3-1-5-17(21)19-14-24-20(13-22(19)26)18-6-2-4-8-23(18)27-24/h1-14H. The number of para-hydroxylation sites is 1. The predicted octanol–water partition coefficient (Wildman–Crippen LogP) is 7.76. The number of hydrogen-bond donors (Lipinski definition) is 0. The van der Waals surface area contributed by atoms with Gasteiger partial charge in [0.05, 0.1) is 11.0 Å². The summed E-state index contributed by atoms with van der Waals surface area (Å²) in [5.74, 6) is 0. The Labute approximate surface area is 174 Å². The minimum absolute atomic E-state index is 1.21. The molecule has 128 valence electrons. The van der Waals surface area contributed by atoms with Crippen LogP contribution in [0.4, 0.5) is 0 Å². The molecule has 0 unspecified atom stereocenters. The number of nitrogens with zero attached hydrogens (tertiary/aromatic N) is 1. The van der Waals surface area contributed by atoms with Crippen molar-refractivity contribution in [2.24, 2.45) is 0 Å². The van der Waals surface area contributed by atoms with Crippen molar-refractivity contribution < 1.29 is 0 Å². The zero-order chi connectivity index (χ0) is 18.0. The summed E-state index contributed by atoms with van der Waals surface area (Å²) in [5, 5.41) is 5.32. The van der Waals surface area contributed by atoms with Crippen molar-refractivity contribution in [1.82, 2.24) is 4.57 Å². The molecule has 1 nitrogen and oxygen atoms in total. The molecule has 0 aliphatic heterocycles. The fraction of sp³-hybridized carbons (Fsp3) is 0. The Morgan fingerprint density at radius 3 is 2.19 bits per heavy atom. The smallest absolute Gasteiger partial charge is 0.0548 e. The van der Waals surface area contributed by atoms with Gasteiger partial charge in [0, 0.05) is 40.2 Å². The number of halogens is 1. The highest BCUT2D eigenvalue weighted by Crippen LogP contribution is 2.40. The summed E-state index contributed by atoms with van der Waals surface area (Å²) in [6.07, 6.45) is 0. The van der Waals surface area contributed by atoms with Crippen molar-refractivity contribution in [1.29, 1.82) is 0 Å². The summed E-state index contributed by atoms with van der Waals surface area (Å²) in [4.78, 5) is 0. The maximum absolute atomic E-state index is 2.40. The van der Waals surface area contributed by atoms with Gasteiger partial charge in [-0.05, 0) is 71.1 Å². The van der Waals surface area contributed by atoms with Crippen LogP contribution in [0.5, 0.6) is 0 Å². The van der Waals surface area contributed by atoms with Crippen LogP contribution in [-0.4, -0.2) is 4.57 Å². The van der Waals surface area contributed by atoms with E-state index in [-0.39, 0.29) is 0 Å². The Bertz CT molecular complexity index is 1470. The quantitative estimate of drug-likeness (QED) is 0.214. The van der Waals surface area contributed by atoms with E-state index in [1.807, 2.05) is 11.3 Å². The second kappa shape index (κ2) is 5.81. The van der Waals surface area contributed by atoms with Crippen LogP contribution in [0.25, 0.3) is 47.7 Å². The third kappa shape index (κ3) is 2.28. The van der Waals surface area contributed by atoms with Crippen molar-refractivity contribution >= 4 is 75.9 Å². The van der Waals surface area contributed by atoms with Crippen LogP contribution in [0.2, 0.25) is 0 Å². The van der Waals surface area contributed by atoms with E-state index in [9.17, 15) is 0 Å². The van der Waals surface area contributed by atoms with Crippen LogP contribution < -0.4 is 0 Å². The van der Waals surface area contributed by atoms with Crippen LogP contribution >= 0.6 is 33.9 Å². The first-order valence-corrected chi connectivity index (χ1v) is 10.8. The molecule has 6 aromatic rings. The van der Waals surface area contributed by atoms with Crippen LogP contribution in [0.15, 0.2) is 84.9 Å². The number of hydrogen-bond acceptors (Lipinski definition) is 1. The van der Waals surface area contributed by atoms with Gasteiger partial charge in [0.25, 0.3) is 0 Å². The molecule has 0 saturated heterocycles. The van der Waals surface area contributed by atoms with Crippen LogP contribution in [0, 0.1) is 3.57 Å². The maximum Gasteiger partial charge on any atom is 0.0548 e. The monoisotopic (exact) mass is 475 g/mol. The van der Waals surface area contributed by atoms with E-state index in [4.69, 9.17) is 0 Å². The fourth-order valence-electron chi connectivity index (χ4n) is 4.06. The molecular weight excluding hydrogens is 461 g/mol. The molecule has 27 heavy (non-hydrogen) atoms. The average molecular weight is 475 g/mol. The van der Waals surface area contributed by atoms with Crippen molar-refractivity contribution in [2.45, 2.75) is 0 Å². The minimum atomic E-state index is 1.21. The van der Waals surface area contributed by atoms with Crippen molar-refractivity contribution in [3.05, 3.63) is 88.5 Å². The van der Waals surface area contributed by atoms with Gasteiger partial charge in [-0.1, -0.05) is 36.4 Å². The summed E-state index contributed by atoms with van der Waals surface area (Å²) >= 11 is 4.24. The van der Waals surface area contributed by atoms with Crippen molar-refractivity contribution in [3.63, 3.8) is 0 Å². The van der Waals surface area contributed by atoms with Crippen LogP contribution in [0.1, 0.15) is 0 Å². The van der Waals surface area contributed by atoms with E-state index >= 15 is 0 Å². The molecule has 0 radical (unpaired) electrons. The van der Waals surface area contributed by atoms with E-state index in [2.05, 4.69) is 112 Å². The molecule has 0 amide bonds. The summed E-state index contributed by atoms with van der Waals surface area (Å²) < 4.78 is 6.36. The lowest BCUT2D eigenvalue weighted by molar-refractivity contribution is 1.18. The molecule has 0 spiro atoms. The van der Waals surface area contributed by atoms with Gasteiger partial charge in [-0.3, -0.25) is 0 Å². The largest absolute Gasteiger partial charge is 0.309 e. The van der Waals surface area contributed by atoms with Gasteiger partial charge in [0.1, 0.15) is 0 Å². The molecule has 2 aromatic heterocycles. The second-order valence-corrected chi connectivity index (χ2v) is 9.12. The number of aromatic nitrogens is 1. The van der Waals surface area contributed by atoms with Crippen LogP contribution in [-0.2, 0) is 0 Å². The SMILES string of the molecule is Ic1ccc(-n2c3ccccc3c3cc4sc5ccccc5c4cc32)cc1. The van der Waals surface area contributed by atoms with Crippen molar-refractivity contribution in [2.75, 3.05) is 0 Å². The summed E-state index contributed by atoms with van der Waals surface area (Å²) in [6.45, 7) is 0. The molecule has 0 aliphatic carbocycles. The summed E-state index contributed by atoms with van der Waals surface area (Å²) in [5.41, 5.74) is 3.74. The molecule has 0 bridgehead atoms. The molecule has 0 aliphatic rings. The number of rotatable bonds is 1. The van der Waals surface area contributed by atoms with E-state index < -0.39 is 0 Å². The lowest BCUT2D eigenvalue weighted by atomic mass is 10.1. The molecule has 3 heteroatoms. The Kier molecular flexibility index (Phi) is 3.37. The van der Waals surface area contributed by atoms with Gasteiger partial charge >= 0.3 is 0 Å². The Balaban J connectivity index is 1.82. The van der Waals surface area contributed by atoms with Crippen LogP contribution in [0.3, 0.4) is 0 Å². The zero-order valence-corrected chi connectivity index (χ0v) is 17.3. The highest BCUT2D eigenvalue weighted by Gasteiger charge is 2.15. The Morgan fingerprint density at radius 1 is 0.593 bits per heavy atom. The summed E-state index contributed by atoms with van der Waals surface area (Å²) in [7, 11) is 0. The minimum Gasteiger partial charge on any atom is -0.309 e. The van der Waals surface area contributed by atoms with E-state index in [0.717, 1.165) is 0 Å². The molecule has 0 saturated carbocycles. The summed E-state index contributed by atoms with van der Waals surface area (Å²) in [6, 6.07) is 31.0. The molecule has 0 fully saturated rings. The van der Waals surface area contributed by atoms with Gasteiger partial charge in [0.2, 0.25) is 0 Å². The van der Waals surface area contributed by atoms with E-state index in [1.165, 1.54) is 51.2 Å². The first kappa shape index (κ1) is 15.7. The topological polar surface area (TPSA) is 4.93 Å². The highest BCUT2D eigenvalue weighted by molar-refractivity contribution is 14.1. The Morgan fingerprint density at radius 2 is 1.33 bits per heavy atom. The van der Waals surface area contributed by atoms with Gasteiger partial charge in [-0.15, -0.1) is 11.3 Å². The Hall–Kier alpha value is -2.37. The number of fused-ring (bicyclic) bond motifs is 6. The third-order valence-electron chi connectivity index (χ3n) is 5.26. The zero-order valence-electron chi connectivity index (χ0n) is 14.3. The number of benzene rings is 4.